The monoisotopic (exact) mass is 392 g/mol. The Hall–Kier alpha value is -2.42. The van der Waals surface area contributed by atoms with Crippen molar-refractivity contribution >= 4 is 21.6 Å². The Morgan fingerprint density at radius 1 is 1.00 bits per heavy atom. The van der Waals surface area contributed by atoms with E-state index in [1.807, 2.05) is 31.2 Å². The van der Waals surface area contributed by atoms with Crippen LogP contribution < -0.4 is 14.8 Å². The molecule has 27 heavy (non-hydrogen) atoms. The fourth-order valence-corrected chi connectivity index (χ4v) is 3.21. The molecule has 2 aromatic carbocycles. The van der Waals surface area contributed by atoms with Crippen LogP contribution in [0.5, 0.6) is 5.75 Å². The van der Waals surface area contributed by atoms with Crippen molar-refractivity contribution in [3.63, 3.8) is 0 Å². The molecule has 0 radical (unpaired) electrons. The molecule has 2 aromatic rings. The molecule has 7 nitrogen and oxygen atoms in total. The van der Waals surface area contributed by atoms with E-state index in [-0.39, 0.29) is 37.0 Å². The van der Waals surface area contributed by atoms with Crippen molar-refractivity contribution in [3.05, 3.63) is 54.1 Å². The minimum atomic E-state index is -3.59. The quantitative estimate of drug-likeness (QED) is 0.605. The van der Waals surface area contributed by atoms with Crippen LogP contribution in [0.4, 0.5) is 5.69 Å². The molecule has 0 spiro atoms. The van der Waals surface area contributed by atoms with Crippen LogP contribution in [0.15, 0.2) is 53.4 Å². The van der Waals surface area contributed by atoms with Crippen molar-refractivity contribution in [3.8, 4) is 5.75 Å². The van der Waals surface area contributed by atoms with Gasteiger partial charge in [0.1, 0.15) is 5.75 Å². The Morgan fingerprint density at radius 2 is 1.67 bits per heavy atom. The normalized spacial score (nSPS) is 11.2. The number of carbonyl (C=O) groups is 1. The molecule has 0 heterocycles. The highest BCUT2D eigenvalue weighted by Gasteiger charge is 2.13. The SMILES string of the molecule is COCCNS(=O)(=O)c1ccc(NC(=O)CCOc2ccc(C)cc2)cc1. The first-order valence-electron chi connectivity index (χ1n) is 8.49. The van der Waals surface area contributed by atoms with Gasteiger partial charge in [0, 0.05) is 19.3 Å². The summed E-state index contributed by atoms with van der Waals surface area (Å²) in [5, 5.41) is 2.71. The van der Waals surface area contributed by atoms with Crippen LogP contribution in [0.2, 0.25) is 0 Å². The zero-order valence-corrected chi connectivity index (χ0v) is 16.2. The molecule has 0 bridgehead atoms. The second kappa shape index (κ2) is 10.1. The highest BCUT2D eigenvalue weighted by atomic mass is 32.2. The average Bonchev–Trinajstić information content (AvgIpc) is 2.64. The predicted octanol–water partition coefficient (Wildman–Crippen LogP) is 2.33. The zero-order valence-electron chi connectivity index (χ0n) is 15.4. The highest BCUT2D eigenvalue weighted by molar-refractivity contribution is 7.89. The van der Waals surface area contributed by atoms with E-state index < -0.39 is 10.0 Å². The van der Waals surface area contributed by atoms with Gasteiger partial charge in [0.2, 0.25) is 15.9 Å². The third-order valence-corrected chi connectivity index (χ3v) is 5.14. The van der Waals surface area contributed by atoms with E-state index in [9.17, 15) is 13.2 Å². The predicted molar refractivity (Wildman–Crippen MR) is 103 cm³/mol. The molecule has 2 rings (SSSR count). The largest absolute Gasteiger partial charge is 0.493 e. The molecule has 0 aliphatic heterocycles. The van der Waals surface area contributed by atoms with Crippen LogP contribution in [0.25, 0.3) is 0 Å². The molecule has 0 saturated heterocycles. The van der Waals surface area contributed by atoms with Crippen molar-refractivity contribution in [1.29, 1.82) is 0 Å². The summed E-state index contributed by atoms with van der Waals surface area (Å²) in [5.74, 6) is 0.500. The molecule has 0 unspecified atom stereocenters. The third kappa shape index (κ3) is 7.01. The van der Waals surface area contributed by atoms with E-state index in [1.54, 1.807) is 12.1 Å². The summed E-state index contributed by atoms with van der Waals surface area (Å²) < 4.78 is 36.9. The van der Waals surface area contributed by atoms with Crippen molar-refractivity contribution in [1.82, 2.24) is 4.72 Å². The number of aryl methyl sites for hydroxylation is 1. The molecule has 0 aliphatic carbocycles. The summed E-state index contributed by atoms with van der Waals surface area (Å²) in [7, 11) is -2.09. The molecule has 0 aromatic heterocycles. The number of amides is 1. The molecule has 1 amide bonds. The van der Waals surface area contributed by atoms with E-state index in [4.69, 9.17) is 9.47 Å². The molecular formula is C19H24N2O5S. The second-order valence-electron chi connectivity index (χ2n) is 5.87. The van der Waals surface area contributed by atoms with Crippen LogP contribution in [0.1, 0.15) is 12.0 Å². The number of ether oxygens (including phenoxy) is 2. The van der Waals surface area contributed by atoms with Gasteiger partial charge in [-0.05, 0) is 43.3 Å². The standard InChI is InChI=1S/C19H24N2O5S/c1-15-3-7-17(8-4-15)26-13-11-19(22)21-16-5-9-18(10-6-16)27(23,24)20-12-14-25-2/h3-10,20H,11-14H2,1-2H3,(H,21,22). The third-order valence-electron chi connectivity index (χ3n) is 3.67. The molecule has 0 fully saturated rings. The van der Waals surface area contributed by atoms with E-state index in [2.05, 4.69) is 10.0 Å². The lowest BCUT2D eigenvalue weighted by Crippen LogP contribution is -2.27. The van der Waals surface area contributed by atoms with Gasteiger partial charge < -0.3 is 14.8 Å². The summed E-state index contributed by atoms with van der Waals surface area (Å²) in [5.41, 5.74) is 1.66. The summed E-state index contributed by atoms with van der Waals surface area (Å²) >= 11 is 0. The number of carbonyl (C=O) groups excluding carboxylic acids is 1. The number of hydrogen-bond donors (Lipinski definition) is 2. The lowest BCUT2D eigenvalue weighted by Gasteiger charge is -2.09. The molecule has 2 N–H and O–H groups in total. The smallest absolute Gasteiger partial charge is 0.240 e. The fraction of sp³-hybridized carbons (Fsp3) is 0.316. The van der Waals surface area contributed by atoms with Crippen LogP contribution in [0, 0.1) is 6.92 Å². The van der Waals surface area contributed by atoms with Crippen molar-refractivity contribution in [2.75, 3.05) is 32.2 Å². The summed E-state index contributed by atoms with van der Waals surface area (Å²) in [4.78, 5) is 12.1. The number of hydrogen-bond acceptors (Lipinski definition) is 5. The van der Waals surface area contributed by atoms with Gasteiger partial charge in [0.25, 0.3) is 0 Å². The first-order valence-corrected chi connectivity index (χ1v) is 9.97. The molecule has 8 heteroatoms. The maximum atomic E-state index is 12.1. The van der Waals surface area contributed by atoms with Gasteiger partial charge in [-0.25, -0.2) is 13.1 Å². The minimum Gasteiger partial charge on any atom is -0.493 e. The first-order chi connectivity index (χ1) is 12.9. The average molecular weight is 392 g/mol. The number of rotatable bonds is 10. The fourth-order valence-electron chi connectivity index (χ4n) is 2.20. The highest BCUT2D eigenvalue weighted by Crippen LogP contribution is 2.15. The van der Waals surface area contributed by atoms with Crippen molar-refractivity contribution in [2.45, 2.75) is 18.2 Å². The van der Waals surface area contributed by atoms with Crippen LogP contribution in [-0.2, 0) is 19.6 Å². The molecule has 0 saturated carbocycles. The van der Waals surface area contributed by atoms with Gasteiger partial charge in [0.15, 0.2) is 0 Å². The Kier molecular flexibility index (Phi) is 7.78. The lowest BCUT2D eigenvalue weighted by atomic mass is 10.2. The Bertz CT molecular complexity index is 833. The van der Waals surface area contributed by atoms with Gasteiger partial charge in [-0.15, -0.1) is 0 Å². The van der Waals surface area contributed by atoms with E-state index in [0.717, 1.165) is 5.56 Å². The van der Waals surface area contributed by atoms with E-state index >= 15 is 0 Å². The number of nitrogens with one attached hydrogen (secondary N) is 2. The molecular weight excluding hydrogens is 368 g/mol. The van der Waals surface area contributed by atoms with Gasteiger partial charge in [-0.2, -0.15) is 0 Å². The summed E-state index contributed by atoms with van der Waals surface area (Å²) in [6.45, 7) is 2.73. The Balaban J connectivity index is 1.81. The number of benzene rings is 2. The van der Waals surface area contributed by atoms with Gasteiger partial charge in [0.05, 0.1) is 24.5 Å². The topological polar surface area (TPSA) is 93.7 Å². The maximum absolute atomic E-state index is 12.1. The van der Waals surface area contributed by atoms with Gasteiger partial charge in [-0.3, -0.25) is 4.79 Å². The number of anilines is 1. The van der Waals surface area contributed by atoms with Crippen LogP contribution in [0.3, 0.4) is 0 Å². The first kappa shape index (κ1) is 20.9. The van der Waals surface area contributed by atoms with Crippen molar-refractivity contribution < 1.29 is 22.7 Å². The zero-order chi connectivity index (χ0) is 19.7. The maximum Gasteiger partial charge on any atom is 0.240 e. The Labute approximate surface area is 159 Å². The summed E-state index contributed by atoms with van der Waals surface area (Å²) in [6.07, 6.45) is 0.187. The number of sulfonamides is 1. The lowest BCUT2D eigenvalue weighted by molar-refractivity contribution is -0.116. The van der Waals surface area contributed by atoms with Gasteiger partial charge >= 0.3 is 0 Å². The number of methoxy groups -OCH3 is 1. The summed E-state index contributed by atoms with van der Waals surface area (Å²) in [6, 6.07) is 13.6. The van der Waals surface area contributed by atoms with Crippen LogP contribution >= 0.6 is 0 Å². The second-order valence-corrected chi connectivity index (χ2v) is 7.64. The Morgan fingerprint density at radius 3 is 2.30 bits per heavy atom. The van der Waals surface area contributed by atoms with E-state index in [0.29, 0.717) is 11.4 Å². The van der Waals surface area contributed by atoms with Crippen molar-refractivity contribution in [2.24, 2.45) is 0 Å². The molecule has 146 valence electrons. The molecule has 0 atom stereocenters. The van der Waals surface area contributed by atoms with E-state index in [1.165, 1.54) is 19.2 Å². The van der Waals surface area contributed by atoms with Gasteiger partial charge in [-0.1, -0.05) is 17.7 Å². The van der Waals surface area contributed by atoms with Crippen LogP contribution in [-0.4, -0.2) is 41.2 Å². The minimum absolute atomic E-state index is 0.124. The molecule has 0 aliphatic rings.